The molecule has 1 aromatic carbocycles. The molecular formula is C10H8F3NOSe. The molecule has 0 unspecified atom stereocenters. The van der Waals surface area contributed by atoms with E-state index in [-0.39, 0.29) is 20.3 Å². The summed E-state index contributed by atoms with van der Waals surface area (Å²) in [6, 6.07) is 3.33. The third-order valence-electron chi connectivity index (χ3n) is 2.26. The van der Waals surface area contributed by atoms with Crippen LogP contribution in [0.1, 0.15) is 12.5 Å². The second-order valence-corrected chi connectivity index (χ2v) is 5.53. The fourth-order valence-corrected chi connectivity index (χ4v) is 3.51. The number of aryl methyl sites for hydroxylation is 1. The zero-order valence-electron chi connectivity index (χ0n) is 8.34. The molecule has 2 rings (SSSR count). The number of hydrogen-bond acceptors (Lipinski definition) is 1. The monoisotopic (exact) mass is 295 g/mol. The van der Waals surface area contributed by atoms with Crippen LogP contribution in [0.3, 0.4) is 0 Å². The average molecular weight is 294 g/mol. The van der Waals surface area contributed by atoms with Gasteiger partial charge in [-0.05, 0) is 0 Å². The Morgan fingerprint density at radius 1 is 1.38 bits per heavy atom. The van der Waals surface area contributed by atoms with Crippen molar-refractivity contribution in [3.63, 3.8) is 0 Å². The van der Waals surface area contributed by atoms with E-state index in [0.717, 1.165) is 12.1 Å². The van der Waals surface area contributed by atoms with Gasteiger partial charge >= 0.3 is 94.9 Å². The number of nitrogens with zero attached hydrogens (tertiary/aromatic N) is 1. The van der Waals surface area contributed by atoms with E-state index in [4.69, 9.17) is 0 Å². The van der Waals surface area contributed by atoms with Gasteiger partial charge in [0.15, 0.2) is 0 Å². The second kappa shape index (κ2) is 3.79. The molecule has 6 heteroatoms. The summed E-state index contributed by atoms with van der Waals surface area (Å²) in [6.07, 6.45) is -4.34. The Balaban J connectivity index is 2.69. The molecule has 16 heavy (non-hydrogen) atoms. The fraction of sp³-hybridized carbons (Fsp3) is 0.300. The van der Waals surface area contributed by atoms with Crippen molar-refractivity contribution in [3.8, 4) is 0 Å². The van der Waals surface area contributed by atoms with Gasteiger partial charge in [-0.1, -0.05) is 0 Å². The van der Waals surface area contributed by atoms with Gasteiger partial charge in [0.05, 0.1) is 0 Å². The van der Waals surface area contributed by atoms with E-state index in [9.17, 15) is 18.0 Å². The molecule has 0 spiro atoms. The molecule has 0 atom stereocenters. The van der Waals surface area contributed by atoms with Crippen molar-refractivity contribution in [2.24, 2.45) is 0 Å². The summed E-state index contributed by atoms with van der Waals surface area (Å²) in [5.74, 6) is 0. The fourth-order valence-electron chi connectivity index (χ4n) is 1.45. The van der Waals surface area contributed by atoms with Crippen molar-refractivity contribution in [1.29, 1.82) is 0 Å². The Morgan fingerprint density at radius 3 is 2.62 bits per heavy atom. The molecule has 86 valence electrons. The summed E-state index contributed by atoms with van der Waals surface area (Å²) >= 11 is -0.317. The van der Waals surface area contributed by atoms with Gasteiger partial charge in [-0.15, -0.1) is 0 Å². The van der Waals surface area contributed by atoms with Gasteiger partial charge in [0, 0.05) is 0 Å². The zero-order valence-corrected chi connectivity index (χ0v) is 10.0. The van der Waals surface area contributed by atoms with E-state index in [1.807, 2.05) is 6.92 Å². The Bertz CT molecular complexity index is 582. The van der Waals surface area contributed by atoms with Crippen LogP contribution in [0, 0.1) is 0 Å². The van der Waals surface area contributed by atoms with Gasteiger partial charge in [0.2, 0.25) is 0 Å². The first-order valence-corrected chi connectivity index (χ1v) is 6.27. The predicted octanol–water partition coefficient (Wildman–Crippen LogP) is 2.10. The maximum atomic E-state index is 12.4. The minimum atomic E-state index is -4.34. The summed E-state index contributed by atoms with van der Waals surface area (Å²) in [6.45, 7) is 2.35. The number of benzene rings is 1. The van der Waals surface area contributed by atoms with E-state index in [2.05, 4.69) is 0 Å². The summed E-state index contributed by atoms with van der Waals surface area (Å²) in [5, 5.41) is 0.412. The molecule has 0 amide bonds. The molecule has 0 aliphatic carbocycles. The zero-order chi connectivity index (χ0) is 11.9. The normalized spacial score (nSPS) is 12.2. The summed E-state index contributed by atoms with van der Waals surface area (Å²) in [5.41, 5.74) is -0.842. The van der Waals surface area contributed by atoms with Crippen LogP contribution in [-0.2, 0) is 12.7 Å². The van der Waals surface area contributed by atoms with Gasteiger partial charge in [0.25, 0.3) is 0 Å². The van der Waals surface area contributed by atoms with Gasteiger partial charge in [-0.3, -0.25) is 0 Å². The topological polar surface area (TPSA) is 22.0 Å². The second-order valence-electron chi connectivity index (χ2n) is 3.30. The van der Waals surface area contributed by atoms with E-state index in [1.54, 1.807) is 3.56 Å². The van der Waals surface area contributed by atoms with Crippen molar-refractivity contribution in [2.45, 2.75) is 19.6 Å². The summed E-state index contributed by atoms with van der Waals surface area (Å²) in [7, 11) is 0. The SMILES string of the molecule is CCn1[se]c2cc(C(F)(F)F)ccc2c1=O. The molecule has 2 aromatic rings. The van der Waals surface area contributed by atoms with E-state index >= 15 is 0 Å². The summed E-state index contributed by atoms with van der Waals surface area (Å²) in [4.78, 5) is 11.6. The Morgan fingerprint density at radius 2 is 2.06 bits per heavy atom. The average Bonchev–Trinajstić information content (AvgIpc) is 2.54. The molecule has 0 fully saturated rings. The van der Waals surface area contributed by atoms with Crippen molar-refractivity contribution in [2.75, 3.05) is 0 Å². The van der Waals surface area contributed by atoms with Crippen molar-refractivity contribution in [1.82, 2.24) is 3.56 Å². The van der Waals surface area contributed by atoms with Crippen LogP contribution in [-0.4, -0.2) is 18.3 Å². The van der Waals surface area contributed by atoms with E-state index in [0.29, 0.717) is 16.2 Å². The molecule has 1 heterocycles. The van der Waals surface area contributed by atoms with Crippen LogP contribution in [0.2, 0.25) is 0 Å². The van der Waals surface area contributed by atoms with Crippen LogP contribution < -0.4 is 5.56 Å². The molecule has 2 nitrogen and oxygen atoms in total. The number of fused-ring (bicyclic) bond motifs is 1. The molecule has 0 saturated heterocycles. The first kappa shape index (κ1) is 11.5. The number of aromatic nitrogens is 1. The van der Waals surface area contributed by atoms with Gasteiger partial charge < -0.3 is 0 Å². The minimum absolute atomic E-state index is 0.161. The molecule has 0 radical (unpaired) electrons. The van der Waals surface area contributed by atoms with Gasteiger partial charge in [-0.25, -0.2) is 0 Å². The quantitative estimate of drug-likeness (QED) is 0.738. The van der Waals surface area contributed by atoms with Crippen LogP contribution in [0.15, 0.2) is 23.0 Å². The van der Waals surface area contributed by atoms with Crippen molar-refractivity contribution < 1.29 is 13.2 Å². The Hall–Kier alpha value is -1.00. The van der Waals surface area contributed by atoms with Gasteiger partial charge in [-0.2, -0.15) is 0 Å². The van der Waals surface area contributed by atoms with Crippen LogP contribution >= 0.6 is 0 Å². The third-order valence-corrected chi connectivity index (χ3v) is 4.73. The molecule has 0 aliphatic heterocycles. The molecule has 0 aliphatic rings. The predicted molar refractivity (Wildman–Crippen MR) is 55.8 cm³/mol. The third kappa shape index (κ3) is 1.83. The molecule has 0 saturated carbocycles. The first-order chi connectivity index (χ1) is 7.43. The number of rotatable bonds is 1. The number of halogens is 3. The first-order valence-electron chi connectivity index (χ1n) is 4.64. The number of alkyl halides is 3. The van der Waals surface area contributed by atoms with Crippen LogP contribution in [0.4, 0.5) is 13.2 Å². The van der Waals surface area contributed by atoms with E-state index in [1.165, 1.54) is 6.07 Å². The standard InChI is InChI=1S/C10H8F3NOSe/c1-2-14-9(15)7-4-3-6(10(11,12)13)5-8(7)16-14/h3-5H,2H2,1H3. The summed E-state index contributed by atoms with van der Waals surface area (Å²) < 4.78 is 39.4. The van der Waals surface area contributed by atoms with Crippen LogP contribution in [0.5, 0.6) is 0 Å². The molecule has 0 bridgehead atoms. The Labute approximate surface area is 95.3 Å². The van der Waals surface area contributed by atoms with E-state index < -0.39 is 11.7 Å². The van der Waals surface area contributed by atoms with Gasteiger partial charge in [0.1, 0.15) is 0 Å². The van der Waals surface area contributed by atoms with Crippen molar-refractivity contribution >= 4 is 24.4 Å². The molecule has 1 aromatic heterocycles. The van der Waals surface area contributed by atoms with Crippen molar-refractivity contribution in [3.05, 3.63) is 34.1 Å². The molecule has 0 N–H and O–H groups in total. The maximum absolute atomic E-state index is 12.4. The molecular weight excluding hydrogens is 286 g/mol. The number of hydrogen-bond donors (Lipinski definition) is 0. The Kier molecular flexibility index (Phi) is 2.72. The van der Waals surface area contributed by atoms with Crippen LogP contribution in [0.25, 0.3) is 9.65 Å².